The SMILES string of the molecule is COC(=O)C1CCC(CNC(=O)c2cccc3ccn(Cc4ccc(Cl)cc4)c23)CC1. The number of carbonyl (C=O) groups is 2. The zero-order valence-corrected chi connectivity index (χ0v) is 18.4. The van der Waals surface area contributed by atoms with Crippen molar-refractivity contribution in [3.8, 4) is 0 Å². The number of nitrogens with one attached hydrogen (secondary N) is 1. The van der Waals surface area contributed by atoms with Crippen LogP contribution in [-0.2, 0) is 16.1 Å². The Morgan fingerprint density at radius 2 is 1.81 bits per heavy atom. The number of carbonyl (C=O) groups excluding carboxylic acids is 2. The van der Waals surface area contributed by atoms with Gasteiger partial charge >= 0.3 is 5.97 Å². The number of esters is 1. The van der Waals surface area contributed by atoms with Gasteiger partial charge < -0.3 is 14.6 Å². The van der Waals surface area contributed by atoms with E-state index in [1.54, 1.807) is 0 Å². The number of ether oxygens (including phenoxy) is 1. The fourth-order valence-corrected chi connectivity index (χ4v) is 4.59. The maximum atomic E-state index is 13.1. The Labute approximate surface area is 187 Å². The van der Waals surface area contributed by atoms with E-state index in [9.17, 15) is 9.59 Å². The molecule has 0 radical (unpaired) electrons. The zero-order valence-electron chi connectivity index (χ0n) is 17.6. The Bertz CT molecular complexity index is 1070. The highest BCUT2D eigenvalue weighted by Crippen LogP contribution is 2.29. The molecule has 162 valence electrons. The van der Waals surface area contributed by atoms with Crippen molar-refractivity contribution in [3.63, 3.8) is 0 Å². The van der Waals surface area contributed by atoms with Gasteiger partial charge in [0.25, 0.3) is 5.91 Å². The quantitative estimate of drug-likeness (QED) is 0.547. The standard InChI is InChI=1S/C25H27ClN2O3/c1-31-25(30)20-9-5-17(6-10-20)15-27-24(29)22-4-2-3-19-13-14-28(23(19)22)16-18-7-11-21(26)12-8-18/h2-4,7-8,11-14,17,20H,5-6,9-10,15-16H2,1H3,(H,27,29). The lowest BCUT2D eigenvalue weighted by atomic mass is 9.82. The third-order valence-corrected chi connectivity index (χ3v) is 6.48. The van der Waals surface area contributed by atoms with Gasteiger partial charge in [-0.15, -0.1) is 0 Å². The van der Waals surface area contributed by atoms with E-state index in [1.165, 1.54) is 7.11 Å². The molecule has 1 amide bonds. The number of methoxy groups -OCH3 is 1. The number of para-hydroxylation sites is 1. The van der Waals surface area contributed by atoms with Crippen LogP contribution in [0.25, 0.3) is 10.9 Å². The van der Waals surface area contributed by atoms with Crippen molar-refractivity contribution in [1.29, 1.82) is 0 Å². The highest BCUT2D eigenvalue weighted by molar-refractivity contribution is 6.30. The van der Waals surface area contributed by atoms with Gasteiger partial charge in [-0.25, -0.2) is 0 Å². The van der Waals surface area contributed by atoms with Crippen LogP contribution >= 0.6 is 11.6 Å². The second-order valence-electron chi connectivity index (χ2n) is 8.26. The van der Waals surface area contributed by atoms with E-state index in [-0.39, 0.29) is 17.8 Å². The molecule has 0 spiro atoms. The van der Waals surface area contributed by atoms with Gasteiger partial charge in [-0.1, -0.05) is 35.9 Å². The van der Waals surface area contributed by atoms with Crippen molar-refractivity contribution in [2.24, 2.45) is 11.8 Å². The minimum atomic E-state index is -0.115. The van der Waals surface area contributed by atoms with E-state index in [2.05, 4.69) is 9.88 Å². The third-order valence-electron chi connectivity index (χ3n) is 6.23. The molecule has 1 fully saturated rings. The Morgan fingerprint density at radius 3 is 2.52 bits per heavy atom. The van der Waals surface area contributed by atoms with Gasteiger partial charge in [0.05, 0.1) is 24.1 Å². The summed E-state index contributed by atoms with van der Waals surface area (Å²) in [5.74, 6) is 0.221. The van der Waals surface area contributed by atoms with Crippen molar-refractivity contribution in [2.75, 3.05) is 13.7 Å². The number of fused-ring (bicyclic) bond motifs is 1. The van der Waals surface area contributed by atoms with Gasteiger partial charge in [0, 0.05) is 29.7 Å². The van der Waals surface area contributed by atoms with E-state index < -0.39 is 0 Å². The van der Waals surface area contributed by atoms with Crippen LogP contribution in [-0.4, -0.2) is 30.1 Å². The Hall–Kier alpha value is -2.79. The van der Waals surface area contributed by atoms with E-state index in [1.807, 2.05) is 54.7 Å². The Balaban J connectivity index is 1.44. The minimum absolute atomic E-state index is 0.00171. The van der Waals surface area contributed by atoms with Gasteiger partial charge in [-0.05, 0) is 61.4 Å². The van der Waals surface area contributed by atoms with Crippen LogP contribution in [0.15, 0.2) is 54.7 Å². The van der Waals surface area contributed by atoms with Crippen LogP contribution in [0.2, 0.25) is 5.02 Å². The predicted molar refractivity (Wildman–Crippen MR) is 122 cm³/mol. The molecular formula is C25H27ClN2O3. The third kappa shape index (κ3) is 4.93. The van der Waals surface area contributed by atoms with Gasteiger partial charge in [-0.3, -0.25) is 9.59 Å². The summed E-state index contributed by atoms with van der Waals surface area (Å²) in [6.45, 7) is 1.30. The van der Waals surface area contributed by atoms with Crippen molar-refractivity contribution in [1.82, 2.24) is 9.88 Å². The summed E-state index contributed by atoms with van der Waals surface area (Å²) in [5.41, 5.74) is 2.74. The van der Waals surface area contributed by atoms with Crippen molar-refractivity contribution >= 4 is 34.4 Å². The molecular weight excluding hydrogens is 412 g/mol. The monoisotopic (exact) mass is 438 g/mol. The highest BCUT2D eigenvalue weighted by atomic mass is 35.5. The average molecular weight is 439 g/mol. The first-order chi connectivity index (χ1) is 15.0. The normalized spacial score (nSPS) is 18.6. The van der Waals surface area contributed by atoms with Gasteiger partial charge in [0.2, 0.25) is 0 Å². The van der Waals surface area contributed by atoms with Crippen LogP contribution in [0.3, 0.4) is 0 Å². The van der Waals surface area contributed by atoms with E-state index in [0.717, 1.165) is 42.1 Å². The van der Waals surface area contributed by atoms with Crippen LogP contribution in [0.4, 0.5) is 0 Å². The number of halogens is 1. The summed E-state index contributed by atoms with van der Waals surface area (Å²) in [4.78, 5) is 24.8. The fraction of sp³-hybridized carbons (Fsp3) is 0.360. The molecule has 0 unspecified atom stereocenters. The first kappa shape index (κ1) is 21.4. The lowest BCUT2D eigenvalue weighted by molar-refractivity contribution is -0.146. The lowest BCUT2D eigenvalue weighted by Gasteiger charge is -2.27. The van der Waals surface area contributed by atoms with Gasteiger partial charge in [0.1, 0.15) is 0 Å². The topological polar surface area (TPSA) is 60.3 Å². The summed E-state index contributed by atoms with van der Waals surface area (Å²) in [6, 6.07) is 15.6. The largest absolute Gasteiger partial charge is 0.469 e. The smallest absolute Gasteiger partial charge is 0.308 e. The molecule has 3 aromatic rings. The lowest BCUT2D eigenvalue weighted by Crippen LogP contribution is -2.33. The first-order valence-corrected chi connectivity index (χ1v) is 11.1. The van der Waals surface area contributed by atoms with Crippen LogP contribution < -0.4 is 5.32 Å². The second kappa shape index (κ2) is 9.56. The number of hydrogen-bond acceptors (Lipinski definition) is 3. The molecule has 1 aliphatic rings. The fourth-order valence-electron chi connectivity index (χ4n) is 4.46. The number of benzene rings is 2. The Morgan fingerprint density at radius 1 is 1.06 bits per heavy atom. The predicted octanol–water partition coefficient (Wildman–Crippen LogP) is 5.05. The molecule has 1 N–H and O–H groups in total. The van der Waals surface area contributed by atoms with Gasteiger partial charge in [-0.2, -0.15) is 0 Å². The maximum Gasteiger partial charge on any atom is 0.308 e. The van der Waals surface area contributed by atoms with E-state index in [4.69, 9.17) is 16.3 Å². The van der Waals surface area contributed by atoms with Crippen LogP contribution in [0, 0.1) is 11.8 Å². The number of hydrogen-bond donors (Lipinski definition) is 1. The molecule has 4 rings (SSSR count). The summed E-state index contributed by atoms with van der Waals surface area (Å²) in [5, 5.41) is 4.87. The molecule has 0 atom stereocenters. The second-order valence-corrected chi connectivity index (χ2v) is 8.70. The molecule has 1 aromatic heterocycles. The highest BCUT2D eigenvalue weighted by Gasteiger charge is 2.27. The summed E-state index contributed by atoms with van der Waals surface area (Å²) < 4.78 is 6.96. The Kier molecular flexibility index (Phi) is 6.62. The van der Waals surface area contributed by atoms with E-state index >= 15 is 0 Å². The average Bonchev–Trinajstić information content (AvgIpc) is 3.21. The summed E-state index contributed by atoms with van der Waals surface area (Å²) in [6.07, 6.45) is 5.53. The molecule has 1 saturated carbocycles. The molecule has 0 saturated heterocycles. The van der Waals surface area contributed by atoms with Crippen molar-refractivity contribution < 1.29 is 14.3 Å². The summed E-state index contributed by atoms with van der Waals surface area (Å²) >= 11 is 6.00. The number of aromatic nitrogens is 1. The first-order valence-electron chi connectivity index (χ1n) is 10.7. The van der Waals surface area contributed by atoms with Gasteiger partial charge in [0.15, 0.2) is 0 Å². The number of nitrogens with zero attached hydrogens (tertiary/aromatic N) is 1. The molecule has 0 aliphatic heterocycles. The molecule has 6 heteroatoms. The van der Waals surface area contributed by atoms with Crippen LogP contribution in [0.5, 0.6) is 0 Å². The van der Waals surface area contributed by atoms with Crippen LogP contribution in [0.1, 0.15) is 41.6 Å². The maximum absolute atomic E-state index is 13.1. The molecule has 2 aromatic carbocycles. The van der Waals surface area contributed by atoms with E-state index in [0.29, 0.717) is 29.6 Å². The molecule has 1 aliphatic carbocycles. The summed E-state index contributed by atoms with van der Waals surface area (Å²) in [7, 11) is 1.44. The molecule has 1 heterocycles. The molecule has 5 nitrogen and oxygen atoms in total. The van der Waals surface area contributed by atoms with Crippen molar-refractivity contribution in [2.45, 2.75) is 32.2 Å². The molecule has 0 bridgehead atoms. The minimum Gasteiger partial charge on any atom is -0.469 e. The zero-order chi connectivity index (χ0) is 21.8. The van der Waals surface area contributed by atoms with Crippen molar-refractivity contribution in [3.05, 3.63) is 70.9 Å². The number of rotatable bonds is 6. The number of amides is 1. The molecule has 31 heavy (non-hydrogen) atoms.